The van der Waals surface area contributed by atoms with Gasteiger partial charge in [0.25, 0.3) is 5.91 Å². The van der Waals surface area contributed by atoms with E-state index >= 15 is 0 Å². The van der Waals surface area contributed by atoms with E-state index in [2.05, 4.69) is 5.32 Å². The lowest BCUT2D eigenvalue weighted by atomic mass is 10.2. The summed E-state index contributed by atoms with van der Waals surface area (Å²) in [6, 6.07) is 5.92. The summed E-state index contributed by atoms with van der Waals surface area (Å²) in [6.45, 7) is -0.472. The minimum atomic E-state index is -3.06. The second-order valence-electron chi connectivity index (χ2n) is 4.72. The molecule has 1 unspecified atom stereocenters. The number of hydrogen-bond acceptors (Lipinski definition) is 5. The standard InChI is InChI=1S/C13H14ClNO5S/c14-11-4-2-1-3-10(11)13(17)20-7-12(16)15-9-5-6-21(18,19)8-9/h1-4,9H,5-8H2,(H,15,16). The number of nitrogens with one attached hydrogen (secondary N) is 1. The van der Waals surface area contributed by atoms with Crippen LogP contribution in [-0.2, 0) is 19.4 Å². The van der Waals surface area contributed by atoms with Crippen LogP contribution >= 0.6 is 11.6 Å². The molecule has 1 atom stereocenters. The van der Waals surface area contributed by atoms with Gasteiger partial charge in [0.2, 0.25) is 0 Å². The van der Waals surface area contributed by atoms with Gasteiger partial charge >= 0.3 is 5.97 Å². The minimum Gasteiger partial charge on any atom is -0.452 e. The number of sulfone groups is 1. The van der Waals surface area contributed by atoms with Gasteiger partial charge in [-0.15, -0.1) is 0 Å². The van der Waals surface area contributed by atoms with Crippen molar-refractivity contribution in [2.75, 3.05) is 18.1 Å². The van der Waals surface area contributed by atoms with Crippen molar-refractivity contribution in [2.45, 2.75) is 12.5 Å². The van der Waals surface area contributed by atoms with Crippen LogP contribution in [0.3, 0.4) is 0 Å². The monoisotopic (exact) mass is 331 g/mol. The summed E-state index contributed by atoms with van der Waals surface area (Å²) in [5, 5.41) is 2.77. The summed E-state index contributed by atoms with van der Waals surface area (Å²) < 4.78 is 27.4. The van der Waals surface area contributed by atoms with Crippen LogP contribution in [0, 0.1) is 0 Å². The van der Waals surface area contributed by atoms with Crippen LogP contribution in [-0.4, -0.2) is 44.4 Å². The fourth-order valence-corrected chi connectivity index (χ4v) is 3.90. The van der Waals surface area contributed by atoms with E-state index in [0.717, 1.165) is 0 Å². The highest BCUT2D eigenvalue weighted by Gasteiger charge is 2.29. The van der Waals surface area contributed by atoms with Gasteiger partial charge in [0.15, 0.2) is 16.4 Å². The van der Waals surface area contributed by atoms with Gasteiger partial charge in [-0.2, -0.15) is 0 Å². The lowest BCUT2D eigenvalue weighted by molar-refractivity contribution is -0.124. The highest BCUT2D eigenvalue weighted by Crippen LogP contribution is 2.16. The number of hydrogen-bond donors (Lipinski definition) is 1. The summed E-state index contributed by atoms with van der Waals surface area (Å²) in [5.74, 6) is -1.23. The first-order valence-electron chi connectivity index (χ1n) is 6.29. The van der Waals surface area contributed by atoms with E-state index in [4.69, 9.17) is 16.3 Å². The van der Waals surface area contributed by atoms with Gasteiger partial charge in [0.05, 0.1) is 22.1 Å². The number of ether oxygens (including phenoxy) is 1. The molecule has 1 saturated heterocycles. The zero-order valence-corrected chi connectivity index (χ0v) is 12.6. The summed E-state index contributed by atoms with van der Waals surface area (Å²) >= 11 is 5.84. The molecule has 1 aliphatic rings. The van der Waals surface area contributed by atoms with Crippen molar-refractivity contribution in [1.29, 1.82) is 0 Å². The molecule has 6 nitrogen and oxygen atoms in total. The Morgan fingerprint density at radius 1 is 1.33 bits per heavy atom. The Bertz CT molecular complexity index is 658. The van der Waals surface area contributed by atoms with E-state index in [0.29, 0.717) is 6.42 Å². The number of amides is 1. The molecule has 1 amide bonds. The number of carbonyl (C=O) groups is 2. The van der Waals surface area contributed by atoms with Crippen LogP contribution in [0.1, 0.15) is 16.8 Å². The van der Waals surface area contributed by atoms with E-state index in [1.807, 2.05) is 0 Å². The molecule has 0 aromatic heterocycles. The molecular weight excluding hydrogens is 318 g/mol. The molecular formula is C13H14ClNO5S. The summed E-state index contributed by atoms with van der Waals surface area (Å²) in [6.07, 6.45) is 0.381. The van der Waals surface area contributed by atoms with Crippen LogP contribution in [0.4, 0.5) is 0 Å². The highest BCUT2D eigenvalue weighted by atomic mass is 35.5. The topological polar surface area (TPSA) is 89.5 Å². The second-order valence-corrected chi connectivity index (χ2v) is 7.36. The van der Waals surface area contributed by atoms with Crippen molar-refractivity contribution in [3.63, 3.8) is 0 Å². The Balaban J connectivity index is 1.82. The maximum absolute atomic E-state index is 11.7. The number of carbonyl (C=O) groups excluding carboxylic acids is 2. The largest absolute Gasteiger partial charge is 0.452 e. The zero-order valence-electron chi connectivity index (χ0n) is 11.0. The fraction of sp³-hybridized carbons (Fsp3) is 0.385. The predicted molar refractivity (Wildman–Crippen MR) is 76.9 cm³/mol. The van der Waals surface area contributed by atoms with Gasteiger partial charge in [-0.05, 0) is 18.6 Å². The first-order chi connectivity index (χ1) is 9.87. The molecule has 0 saturated carbocycles. The quantitative estimate of drug-likeness (QED) is 0.824. The van der Waals surface area contributed by atoms with Crippen molar-refractivity contribution in [3.05, 3.63) is 34.9 Å². The van der Waals surface area contributed by atoms with E-state index < -0.39 is 34.4 Å². The average Bonchev–Trinajstić information content (AvgIpc) is 2.75. The smallest absolute Gasteiger partial charge is 0.340 e. The molecule has 2 rings (SSSR count). The molecule has 1 aliphatic heterocycles. The Morgan fingerprint density at radius 2 is 2.05 bits per heavy atom. The number of rotatable bonds is 4. The van der Waals surface area contributed by atoms with Crippen LogP contribution < -0.4 is 5.32 Å². The van der Waals surface area contributed by atoms with Gasteiger partial charge in [-0.3, -0.25) is 4.79 Å². The molecule has 1 aromatic rings. The van der Waals surface area contributed by atoms with E-state index in [-0.39, 0.29) is 22.1 Å². The third kappa shape index (κ3) is 4.44. The van der Waals surface area contributed by atoms with Crippen molar-refractivity contribution < 1.29 is 22.7 Å². The van der Waals surface area contributed by atoms with Crippen LogP contribution in [0.2, 0.25) is 5.02 Å². The van der Waals surface area contributed by atoms with Crippen LogP contribution in [0.15, 0.2) is 24.3 Å². The maximum atomic E-state index is 11.7. The summed E-state index contributed by atoms with van der Waals surface area (Å²) in [4.78, 5) is 23.3. The minimum absolute atomic E-state index is 0.0668. The molecule has 0 bridgehead atoms. The third-order valence-electron chi connectivity index (χ3n) is 3.03. The number of esters is 1. The van der Waals surface area contributed by atoms with E-state index in [1.54, 1.807) is 18.2 Å². The Kier molecular flexibility index (Phi) is 4.84. The molecule has 21 heavy (non-hydrogen) atoms. The van der Waals surface area contributed by atoms with E-state index in [1.165, 1.54) is 6.07 Å². The molecule has 1 heterocycles. The maximum Gasteiger partial charge on any atom is 0.340 e. The normalized spacial score (nSPS) is 20.0. The van der Waals surface area contributed by atoms with Gasteiger partial charge in [-0.25, -0.2) is 13.2 Å². The van der Waals surface area contributed by atoms with Crippen molar-refractivity contribution >= 4 is 33.3 Å². The molecule has 8 heteroatoms. The first-order valence-corrected chi connectivity index (χ1v) is 8.49. The van der Waals surface area contributed by atoms with Crippen molar-refractivity contribution in [3.8, 4) is 0 Å². The van der Waals surface area contributed by atoms with Crippen LogP contribution in [0.25, 0.3) is 0 Å². The Morgan fingerprint density at radius 3 is 2.67 bits per heavy atom. The van der Waals surface area contributed by atoms with Gasteiger partial charge in [0.1, 0.15) is 0 Å². The summed E-state index contributed by atoms with van der Waals surface area (Å²) in [5.41, 5.74) is 0.176. The Labute approximate surface area is 127 Å². The molecule has 1 aromatic carbocycles. The molecule has 0 spiro atoms. The fourth-order valence-electron chi connectivity index (χ4n) is 2.01. The molecule has 1 fully saturated rings. The average molecular weight is 332 g/mol. The second kappa shape index (κ2) is 6.44. The lowest BCUT2D eigenvalue weighted by Crippen LogP contribution is -2.38. The molecule has 0 aliphatic carbocycles. The number of benzene rings is 1. The predicted octanol–water partition coefficient (Wildman–Crippen LogP) is 0.800. The lowest BCUT2D eigenvalue weighted by Gasteiger charge is -2.11. The molecule has 1 N–H and O–H groups in total. The molecule has 0 radical (unpaired) electrons. The van der Waals surface area contributed by atoms with Gasteiger partial charge < -0.3 is 10.1 Å². The first kappa shape index (κ1) is 15.8. The highest BCUT2D eigenvalue weighted by molar-refractivity contribution is 7.91. The number of halogens is 1. The third-order valence-corrected chi connectivity index (χ3v) is 5.12. The van der Waals surface area contributed by atoms with Gasteiger partial charge in [0, 0.05) is 6.04 Å². The van der Waals surface area contributed by atoms with Crippen LogP contribution in [0.5, 0.6) is 0 Å². The van der Waals surface area contributed by atoms with E-state index in [9.17, 15) is 18.0 Å². The zero-order chi connectivity index (χ0) is 15.5. The van der Waals surface area contributed by atoms with Crippen molar-refractivity contribution in [1.82, 2.24) is 5.32 Å². The summed E-state index contributed by atoms with van der Waals surface area (Å²) in [7, 11) is -3.06. The Hall–Kier alpha value is -1.60. The van der Waals surface area contributed by atoms with Crippen molar-refractivity contribution in [2.24, 2.45) is 0 Å². The SMILES string of the molecule is O=C(COC(=O)c1ccccc1Cl)NC1CCS(=O)(=O)C1. The molecule has 114 valence electrons. The van der Waals surface area contributed by atoms with Gasteiger partial charge in [-0.1, -0.05) is 23.7 Å².